The normalized spacial score (nSPS) is 13.6. The van der Waals surface area contributed by atoms with Gasteiger partial charge in [-0.1, -0.05) is 0 Å². The fourth-order valence-electron chi connectivity index (χ4n) is 2.56. The molecular weight excluding hydrogens is 381 g/mol. The van der Waals surface area contributed by atoms with Crippen molar-refractivity contribution in [1.29, 1.82) is 0 Å². The van der Waals surface area contributed by atoms with Gasteiger partial charge >= 0.3 is 7.12 Å². The maximum atomic E-state index is 12.7. The summed E-state index contributed by atoms with van der Waals surface area (Å²) in [5.74, 6) is -2.44. The predicted octanol–water partition coefficient (Wildman–Crippen LogP) is -4.04. The molecule has 0 aliphatic heterocycles. The maximum absolute atomic E-state index is 12.7. The summed E-state index contributed by atoms with van der Waals surface area (Å²) in [6.45, 7) is 3.76. The van der Waals surface area contributed by atoms with Crippen LogP contribution in [0.1, 0.15) is 46.0 Å². The van der Waals surface area contributed by atoms with Crippen LogP contribution in [0.3, 0.4) is 0 Å². The molecule has 166 valence electrons. The number of nitrogens with zero attached hydrogens (tertiary/aromatic N) is 1. The summed E-state index contributed by atoms with van der Waals surface area (Å²) in [5, 5.41) is 26.7. The number of hydrogen-bond acceptors (Lipinski definition) is 6. The number of amides is 3. The van der Waals surface area contributed by atoms with Gasteiger partial charge in [-0.25, -0.2) is 0 Å². The lowest BCUT2D eigenvalue weighted by atomic mass is 9.76. The first kappa shape index (κ1) is 26.6. The Morgan fingerprint density at radius 2 is 1.69 bits per heavy atom. The van der Waals surface area contributed by atoms with E-state index in [1.807, 2.05) is 0 Å². The van der Waals surface area contributed by atoms with Crippen LogP contribution in [0.4, 0.5) is 0 Å². The van der Waals surface area contributed by atoms with Gasteiger partial charge in [0.15, 0.2) is 5.96 Å². The number of unbranched alkanes of at least 4 members (excludes halogenated alkanes) is 1. The van der Waals surface area contributed by atoms with Gasteiger partial charge < -0.3 is 43.2 Å². The molecule has 0 spiro atoms. The molecule has 0 saturated carbocycles. The molecule has 3 amide bonds. The van der Waals surface area contributed by atoms with Gasteiger partial charge in [-0.15, -0.1) is 0 Å². The Kier molecular flexibility index (Phi) is 13.4. The fraction of sp³-hybridized carbons (Fsp3) is 0.750. The van der Waals surface area contributed by atoms with Gasteiger partial charge in [0, 0.05) is 13.5 Å². The van der Waals surface area contributed by atoms with Crippen molar-refractivity contribution in [2.24, 2.45) is 16.5 Å². The molecule has 0 fully saturated rings. The Balaban J connectivity index is 4.97. The lowest BCUT2D eigenvalue weighted by molar-refractivity contribution is -0.368. The number of hydrogen-bond donors (Lipinski definition) is 8. The molecule has 0 unspecified atom stereocenters. The Morgan fingerprint density at radius 3 is 2.21 bits per heavy atom. The molecule has 0 aliphatic carbocycles. The third-order valence-corrected chi connectivity index (χ3v) is 4.09. The van der Waals surface area contributed by atoms with Gasteiger partial charge in [0.2, 0.25) is 17.7 Å². The molecule has 0 radical (unpaired) electrons. The molecule has 12 nitrogen and oxygen atoms in total. The van der Waals surface area contributed by atoms with E-state index in [0.29, 0.717) is 25.8 Å². The van der Waals surface area contributed by atoms with Gasteiger partial charge in [-0.2, -0.15) is 0 Å². The SMILES string of the molecule is CC(=O)N[C@@H](C)C(=O)N[C@@H](CCCC[NH3+])C(=O)N[C@@H](CCCN=C(N)N)B(O)O. The topological polar surface area (TPSA) is 220 Å². The standard InChI is InChI=1S/C16H34BN7O5/c1-10(22-11(2)25)14(26)23-12(6-3-4-8-18)15(27)24-13(17(28)29)7-5-9-21-16(19)20/h10,12-13,28-29H,3-9,18H2,1-2H3,(H,22,25)(H,23,26)(H,24,27)(H4,19,20,21)/p+1/t10-,12-,13-/m0/s1. The number of carbonyl (C=O) groups is 3. The van der Waals surface area contributed by atoms with Crippen molar-refractivity contribution < 1.29 is 30.2 Å². The maximum Gasteiger partial charge on any atom is 0.475 e. The van der Waals surface area contributed by atoms with E-state index in [9.17, 15) is 24.4 Å². The Labute approximate surface area is 171 Å². The zero-order valence-corrected chi connectivity index (χ0v) is 17.2. The Bertz CT molecular complexity index is 558. The van der Waals surface area contributed by atoms with Crippen LogP contribution in [0.15, 0.2) is 4.99 Å². The Morgan fingerprint density at radius 1 is 1.03 bits per heavy atom. The van der Waals surface area contributed by atoms with Crippen LogP contribution < -0.4 is 33.2 Å². The lowest BCUT2D eigenvalue weighted by Crippen LogP contribution is -2.56. The summed E-state index contributed by atoms with van der Waals surface area (Å²) in [4.78, 5) is 39.8. The molecule has 0 aliphatic rings. The molecule has 0 aromatic heterocycles. The van der Waals surface area contributed by atoms with E-state index in [1.165, 1.54) is 13.8 Å². The fourth-order valence-corrected chi connectivity index (χ4v) is 2.56. The van der Waals surface area contributed by atoms with Crippen LogP contribution >= 0.6 is 0 Å². The van der Waals surface area contributed by atoms with E-state index in [1.54, 1.807) is 0 Å². The zero-order chi connectivity index (χ0) is 22.4. The van der Waals surface area contributed by atoms with E-state index in [0.717, 1.165) is 6.42 Å². The second-order valence-corrected chi connectivity index (χ2v) is 6.81. The van der Waals surface area contributed by atoms with Crippen LogP contribution in [0.5, 0.6) is 0 Å². The lowest BCUT2D eigenvalue weighted by Gasteiger charge is -2.24. The number of quaternary nitrogens is 1. The van der Waals surface area contributed by atoms with Crippen molar-refractivity contribution in [2.75, 3.05) is 13.1 Å². The average molecular weight is 416 g/mol. The molecule has 13 heteroatoms. The molecule has 0 rings (SSSR count). The smallest absolute Gasteiger partial charge is 0.426 e. The Hall–Kier alpha value is -2.38. The van der Waals surface area contributed by atoms with Gasteiger partial charge in [0.1, 0.15) is 12.1 Å². The van der Waals surface area contributed by atoms with E-state index in [4.69, 9.17) is 11.5 Å². The minimum atomic E-state index is -1.78. The molecule has 0 heterocycles. The third kappa shape index (κ3) is 12.6. The summed E-state index contributed by atoms with van der Waals surface area (Å²) in [5.41, 5.74) is 14.2. The second kappa shape index (κ2) is 14.6. The van der Waals surface area contributed by atoms with Gasteiger partial charge in [-0.05, 0) is 39.0 Å². The molecule has 29 heavy (non-hydrogen) atoms. The van der Waals surface area contributed by atoms with Crippen molar-refractivity contribution >= 4 is 30.8 Å². The monoisotopic (exact) mass is 416 g/mol. The van der Waals surface area contributed by atoms with Crippen LogP contribution in [0.25, 0.3) is 0 Å². The van der Waals surface area contributed by atoms with Crippen molar-refractivity contribution in [2.45, 2.75) is 64.0 Å². The number of aliphatic imine (C=N–C) groups is 1. The second-order valence-electron chi connectivity index (χ2n) is 6.81. The number of nitrogens with two attached hydrogens (primary N) is 2. The predicted molar refractivity (Wildman–Crippen MR) is 109 cm³/mol. The summed E-state index contributed by atoms with van der Waals surface area (Å²) in [6.07, 6.45) is 2.40. The van der Waals surface area contributed by atoms with E-state index in [-0.39, 0.29) is 24.8 Å². The van der Waals surface area contributed by atoms with Gasteiger partial charge in [0.25, 0.3) is 0 Å². The number of nitrogens with one attached hydrogen (secondary N) is 3. The molecule has 0 aromatic rings. The van der Waals surface area contributed by atoms with Crippen LogP contribution in [-0.2, 0) is 14.4 Å². The minimum Gasteiger partial charge on any atom is -0.426 e. The number of guanidine groups is 1. The van der Waals surface area contributed by atoms with Gasteiger partial charge in [-0.3, -0.25) is 19.4 Å². The van der Waals surface area contributed by atoms with Crippen molar-refractivity contribution in [3.8, 4) is 0 Å². The average Bonchev–Trinajstić information content (AvgIpc) is 2.62. The quantitative estimate of drug-likeness (QED) is 0.0605. The first-order valence-corrected chi connectivity index (χ1v) is 9.67. The first-order valence-electron chi connectivity index (χ1n) is 9.67. The summed E-state index contributed by atoms with van der Waals surface area (Å²) >= 11 is 0. The first-order chi connectivity index (χ1) is 13.6. The highest BCUT2D eigenvalue weighted by Crippen LogP contribution is 2.05. The highest BCUT2D eigenvalue weighted by Gasteiger charge is 2.29. The van der Waals surface area contributed by atoms with Crippen LogP contribution in [0.2, 0.25) is 0 Å². The van der Waals surface area contributed by atoms with E-state index < -0.39 is 37.0 Å². The van der Waals surface area contributed by atoms with Crippen molar-refractivity contribution in [3.63, 3.8) is 0 Å². The van der Waals surface area contributed by atoms with Gasteiger partial charge in [0.05, 0.1) is 12.5 Å². The van der Waals surface area contributed by atoms with Crippen LogP contribution in [0, 0.1) is 0 Å². The largest absolute Gasteiger partial charge is 0.475 e. The number of carbonyl (C=O) groups excluding carboxylic acids is 3. The molecular formula is C16H35BN7O5+. The summed E-state index contributed by atoms with van der Waals surface area (Å²) < 4.78 is 0. The molecule has 0 saturated heterocycles. The highest BCUT2D eigenvalue weighted by atomic mass is 16.4. The number of rotatable bonds is 14. The summed E-state index contributed by atoms with van der Waals surface area (Å²) in [7, 11) is -1.78. The zero-order valence-electron chi connectivity index (χ0n) is 17.2. The molecule has 0 bridgehead atoms. The molecule has 3 atom stereocenters. The van der Waals surface area contributed by atoms with Crippen LogP contribution in [-0.4, -0.2) is 72.0 Å². The van der Waals surface area contributed by atoms with E-state index in [2.05, 4.69) is 26.7 Å². The molecule has 12 N–H and O–H groups in total. The highest BCUT2D eigenvalue weighted by molar-refractivity contribution is 6.43. The van der Waals surface area contributed by atoms with Crippen molar-refractivity contribution in [3.05, 3.63) is 0 Å². The summed E-state index contributed by atoms with van der Waals surface area (Å²) in [6, 6.07) is -1.70. The van der Waals surface area contributed by atoms with E-state index >= 15 is 0 Å². The third-order valence-electron chi connectivity index (χ3n) is 4.09. The minimum absolute atomic E-state index is 0.0726. The molecule has 0 aromatic carbocycles. The van der Waals surface area contributed by atoms with Crippen molar-refractivity contribution in [1.82, 2.24) is 16.0 Å².